The Morgan fingerprint density at radius 2 is 0.783 bits per heavy atom. The Hall–Kier alpha value is -7.74. The van der Waals surface area contributed by atoms with E-state index in [9.17, 15) is 0 Å². The number of fused-ring (bicyclic) bond motifs is 4. The van der Waals surface area contributed by atoms with E-state index in [-0.39, 0.29) is 0 Å². The van der Waals surface area contributed by atoms with Crippen LogP contribution in [0.3, 0.4) is 0 Å². The first-order valence-corrected chi connectivity index (χ1v) is 20.8. The topological polar surface area (TPSA) is 3.24 Å². The fraction of sp³-hybridized carbons (Fsp3) is 0.0169. The van der Waals surface area contributed by atoms with Gasteiger partial charge in [-0.3, -0.25) is 0 Å². The number of benzene rings is 10. The highest BCUT2D eigenvalue weighted by atomic mass is 15.1. The highest BCUT2D eigenvalue weighted by Crippen LogP contribution is 2.60. The van der Waals surface area contributed by atoms with E-state index in [1.54, 1.807) is 0 Å². The zero-order valence-electron chi connectivity index (χ0n) is 33.1. The molecule has 1 heteroatoms. The molecule has 0 aromatic heterocycles. The lowest BCUT2D eigenvalue weighted by molar-refractivity contribution is 0.768. The molecule has 0 aliphatic heterocycles. The van der Waals surface area contributed by atoms with Crippen molar-refractivity contribution in [3.63, 3.8) is 0 Å². The molecule has 0 bridgehead atoms. The molecule has 1 nitrogen and oxygen atoms in total. The zero-order chi connectivity index (χ0) is 39.9. The third kappa shape index (κ3) is 5.86. The van der Waals surface area contributed by atoms with Crippen LogP contribution >= 0.6 is 0 Å². The Kier molecular flexibility index (Phi) is 8.79. The predicted molar refractivity (Wildman–Crippen MR) is 252 cm³/mol. The van der Waals surface area contributed by atoms with E-state index in [2.05, 4.69) is 254 Å². The lowest BCUT2D eigenvalue weighted by Crippen LogP contribution is -2.29. The van der Waals surface area contributed by atoms with Gasteiger partial charge in [0.2, 0.25) is 0 Å². The summed E-state index contributed by atoms with van der Waals surface area (Å²) < 4.78 is 0. The summed E-state index contributed by atoms with van der Waals surface area (Å²) in [5, 5.41) is 2.42. The molecule has 1 aliphatic rings. The molecule has 0 fully saturated rings. The SMILES string of the molecule is c1ccc(-c2ccc(N(c3ccc4ccccc4c3)c3cc4c(cc3-c3ccccc3)-c3c(-c5ccccc5)cccc3C4(c3ccccc3)c3ccccc3)cc2)cc1. The molecule has 10 aromatic rings. The molecular formula is C59H41N. The van der Waals surface area contributed by atoms with Crippen LogP contribution in [0.15, 0.2) is 249 Å². The minimum Gasteiger partial charge on any atom is -0.310 e. The summed E-state index contributed by atoms with van der Waals surface area (Å²) in [6.07, 6.45) is 0. The fourth-order valence-electron chi connectivity index (χ4n) is 9.64. The van der Waals surface area contributed by atoms with Crippen molar-refractivity contribution in [1.29, 1.82) is 0 Å². The Bertz CT molecular complexity index is 3060. The monoisotopic (exact) mass is 763 g/mol. The molecule has 0 unspecified atom stereocenters. The number of anilines is 3. The minimum atomic E-state index is -0.603. The molecule has 0 heterocycles. The molecular weight excluding hydrogens is 723 g/mol. The average molecular weight is 764 g/mol. The van der Waals surface area contributed by atoms with E-state index in [0.717, 1.165) is 22.6 Å². The first-order valence-electron chi connectivity index (χ1n) is 20.8. The molecule has 10 aromatic carbocycles. The average Bonchev–Trinajstić information content (AvgIpc) is 3.63. The number of nitrogens with zero attached hydrogens (tertiary/aromatic N) is 1. The van der Waals surface area contributed by atoms with Crippen LogP contribution in [0, 0.1) is 0 Å². The maximum absolute atomic E-state index is 2.52. The van der Waals surface area contributed by atoms with E-state index in [0.29, 0.717) is 0 Å². The second kappa shape index (κ2) is 14.9. The highest BCUT2D eigenvalue weighted by molar-refractivity contribution is 6.01. The van der Waals surface area contributed by atoms with Gasteiger partial charge in [0.25, 0.3) is 0 Å². The summed E-state index contributed by atoms with van der Waals surface area (Å²) in [5.41, 5.74) is 17.4. The largest absolute Gasteiger partial charge is 0.310 e. The Labute approximate surface area is 352 Å². The van der Waals surface area contributed by atoms with Crippen LogP contribution < -0.4 is 4.90 Å². The molecule has 1 aliphatic carbocycles. The normalized spacial score (nSPS) is 12.5. The predicted octanol–water partition coefficient (Wildman–Crippen LogP) is 15.7. The lowest BCUT2D eigenvalue weighted by Gasteiger charge is -2.35. The van der Waals surface area contributed by atoms with Gasteiger partial charge in [0.05, 0.1) is 11.1 Å². The van der Waals surface area contributed by atoms with Gasteiger partial charge < -0.3 is 4.90 Å². The van der Waals surface area contributed by atoms with Crippen molar-refractivity contribution in [2.24, 2.45) is 0 Å². The third-order valence-electron chi connectivity index (χ3n) is 12.3. The van der Waals surface area contributed by atoms with Crippen LogP contribution in [0.2, 0.25) is 0 Å². The molecule has 282 valence electrons. The van der Waals surface area contributed by atoms with E-state index < -0.39 is 5.41 Å². The van der Waals surface area contributed by atoms with Gasteiger partial charge >= 0.3 is 0 Å². The number of hydrogen-bond donors (Lipinski definition) is 0. The van der Waals surface area contributed by atoms with Gasteiger partial charge in [-0.25, -0.2) is 0 Å². The van der Waals surface area contributed by atoms with Crippen molar-refractivity contribution >= 4 is 27.8 Å². The summed E-state index contributed by atoms with van der Waals surface area (Å²) >= 11 is 0. The minimum absolute atomic E-state index is 0.603. The lowest BCUT2D eigenvalue weighted by atomic mass is 9.67. The fourth-order valence-corrected chi connectivity index (χ4v) is 9.64. The first-order chi connectivity index (χ1) is 29.8. The molecule has 11 rings (SSSR count). The highest BCUT2D eigenvalue weighted by Gasteiger charge is 2.47. The molecule has 0 atom stereocenters. The summed E-state index contributed by atoms with van der Waals surface area (Å²) in [6.45, 7) is 0. The summed E-state index contributed by atoms with van der Waals surface area (Å²) in [7, 11) is 0. The van der Waals surface area contributed by atoms with Crippen molar-refractivity contribution in [2.75, 3.05) is 4.90 Å². The summed E-state index contributed by atoms with van der Waals surface area (Å²) in [6, 6.07) is 91.3. The smallest absolute Gasteiger partial charge is 0.0714 e. The van der Waals surface area contributed by atoms with Crippen LogP contribution in [0.5, 0.6) is 0 Å². The molecule has 0 N–H and O–H groups in total. The quantitative estimate of drug-likeness (QED) is 0.149. The molecule has 0 radical (unpaired) electrons. The Morgan fingerprint density at radius 1 is 0.283 bits per heavy atom. The maximum atomic E-state index is 2.52. The number of hydrogen-bond acceptors (Lipinski definition) is 1. The van der Waals surface area contributed by atoms with E-state index in [1.165, 1.54) is 72.0 Å². The van der Waals surface area contributed by atoms with Gasteiger partial charge in [0, 0.05) is 16.9 Å². The summed E-state index contributed by atoms with van der Waals surface area (Å²) in [5.74, 6) is 0. The van der Waals surface area contributed by atoms with Gasteiger partial charge in [-0.05, 0) is 108 Å². The molecule has 0 amide bonds. The van der Waals surface area contributed by atoms with Gasteiger partial charge in [-0.2, -0.15) is 0 Å². The second-order valence-electron chi connectivity index (χ2n) is 15.6. The van der Waals surface area contributed by atoms with Crippen LogP contribution in [0.4, 0.5) is 17.1 Å². The van der Waals surface area contributed by atoms with Crippen LogP contribution in [0.25, 0.3) is 55.3 Å². The van der Waals surface area contributed by atoms with Crippen molar-refractivity contribution < 1.29 is 0 Å². The van der Waals surface area contributed by atoms with Crippen LogP contribution in [0.1, 0.15) is 22.3 Å². The van der Waals surface area contributed by atoms with E-state index in [4.69, 9.17) is 0 Å². The van der Waals surface area contributed by atoms with Gasteiger partial charge in [-0.15, -0.1) is 0 Å². The molecule has 0 saturated carbocycles. The number of rotatable bonds is 8. The zero-order valence-corrected chi connectivity index (χ0v) is 33.1. The van der Waals surface area contributed by atoms with Crippen LogP contribution in [-0.2, 0) is 5.41 Å². The van der Waals surface area contributed by atoms with Gasteiger partial charge in [0.1, 0.15) is 0 Å². The van der Waals surface area contributed by atoms with E-state index in [1.807, 2.05) is 0 Å². The van der Waals surface area contributed by atoms with Crippen molar-refractivity contribution in [3.05, 3.63) is 271 Å². The molecule has 60 heavy (non-hydrogen) atoms. The van der Waals surface area contributed by atoms with E-state index >= 15 is 0 Å². The van der Waals surface area contributed by atoms with Crippen molar-refractivity contribution in [3.8, 4) is 44.5 Å². The Morgan fingerprint density at radius 3 is 1.40 bits per heavy atom. The standard InChI is InChI=1S/C59H41N/c1-6-19-42(20-7-1)44-33-36-50(37-34-44)60(51-38-35-43-21-16-17-26-47(43)39-51)57-41-56-54(40-53(57)46-24-10-3-11-25-46)58-52(45-22-8-2-9-23-45)31-18-32-55(58)59(56,48-27-12-4-13-28-48)49-29-14-5-15-30-49/h1-41H. The molecule has 0 saturated heterocycles. The van der Waals surface area contributed by atoms with Crippen LogP contribution in [-0.4, -0.2) is 0 Å². The third-order valence-corrected chi connectivity index (χ3v) is 12.3. The molecule has 0 spiro atoms. The summed E-state index contributed by atoms with van der Waals surface area (Å²) in [4.78, 5) is 2.48. The van der Waals surface area contributed by atoms with Gasteiger partial charge in [0.15, 0.2) is 0 Å². The first kappa shape index (κ1) is 35.4. The van der Waals surface area contributed by atoms with Gasteiger partial charge in [-0.1, -0.05) is 212 Å². The second-order valence-corrected chi connectivity index (χ2v) is 15.6. The van der Waals surface area contributed by atoms with Crippen molar-refractivity contribution in [1.82, 2.24) is 0 Å². The Balaban J connectivity index is 1.27. The van der Waals surface area contributed by atoms with Crippen molar-refractivity contribution in [2.45, 2.75) is 5.41 Å². The maximum Gasteiger partial charge on any atom is 0.0714 e.